The molecule has 0 saturated heterocycles. The molecule has 0 aliphatic rings. The number of methoxy groups -OCH3 is 1. The van der Waals surface area contributed by atoms with Gasteiger partial charge in [-0.25, -0.2) is 8.42 Å². The molecule has 0 N–H and O–H groups in total. The maximum Gasteiger partial charge on any atom is 0.326 e. The molecule has 0 spiro atoms. The minimum Gasteiger partial charge on any atom is -0.468 e. The molecule has 4 rings (SSSR count). The number of hydrogen-bond donors (Lipinski definition) is 0. The van der Waals surface area contributed by atoms with Crippen LogP contribution in [0.4, 0.5) is 5.69 Å². The highest BCUT2D eigenvalue weighted by Gasteiger charge is 2.29. The Morgan fingerprint density at radius 2 is 1.45 bits per heavy atom. The zero-order valence-corrected chi connectivity index (χ0v) is 17.7. The van der Waals surface area contributed by atoms with Crippen molar-refractivity contribution in [3.63, 3.8) is 0 Å². The summed E-state index contributed by atoms with van der Waals surface area (Å²) in [6.07, 6.45) is 0. The van der Waals surface area contributed by atoms with Gasteiger partial charge in [0.15, 0.2) is 0 Å². The second-order valence-electron chi connectivity index (χ2n) is 6.98. The number of para-hydroxylation sites is 1. The van der Waals surface area contributed by atoms with Gasteiger partial charge in [-0.05, 0) is 34.5 Å². The lowest BCUT2D eigenvalue weighted by molar-refractivity contribution is -0.138. The van der Waals surface area contributed by atoms with Crippen LogP contribution in [0, 0.1) is 0 Å². The molecule has 4 aromatic rings. The van der Waals surface area contributed by atoms with Gasteiger partial charge in [-0.2, -0.15) is 0 Å². The van der Waals surface area contributed by atoms with E-state index >= 15 is 0 Å². The van der Waals surface area contributed by atoms with Crippen LogP contribution in [0.5, 0.6) is 0 Å². The Bertz CT molecular complexity index is 1330. The van der Waals surface area contributed by atoms with Crippen molar-refractivity contribution in [2.75, 3.05) is 18.0 Å². The highest BCUT2D eigenvalue weighted by molar-refractivity contribution is 7.92. The van der Waals surface area contributed by atoms with E-state index in [4.69, 9.17) is 4.74 Å². The number of carbonyl (C=O) groups excluding carboxylic acids is 1. The third-order valence-corrected chi connectivity index (χ3v) is 6.82. The molecule has 0 fully saturated rings. The largest absolute Gasteiger partial charge is 0.468 e. The SMILES string of the molecule is COC(=O)CN(c1ccccc1-c1ccccc1)S(=O)(=O)c1ccc2ccccc2c1. The molecule has 0 aliphatic heterocycles. The lowest BCUT2D eigenvalue weighted by Gasteiger charge is -2.26. The molecule has 31 heavy (non-hydrogen) atoms. The number of benzene rings is 4. The first-order valence-corrected chi connectivity index (χ1v) is 11.2. The van der Waals surface area contributed by atoms with Crippen LogP contribution < -0.4 is 4.31 Å². The summed E-state index contributed by atoms with van der Waals surface area (Å²) in [5.74, 6) is -0.646. The Morgan fingerprint density at radius 1 is 0.806 bits per heavy atom. The number of hydrogen-bond acceptors (Lipinski definition) is 4. The summed E-state index contributed by atoms with van der Waals surface area (Å²) in [5, 5.41) is 1.74. The topological polar surface area (TPSA) is 63.7 Å². The van der Waals surface area contributed by atoms with Crippen molar-refractivity contribution >= 4 is 32.5 Å². The number of carbonyl (C=O) groups is 1. The smallest absolute Gasteiger partial charge is 0.326 e. The van der Waals surface area contributed by atoms with Gasteiger partial charge in [0.05, 0.1) is 17.7 Å². The van der Waals surface area contributed by atoms with Gasteiger partial charge in [0.1, 0.15) is 6.54 Å². The fraction of sp³-hybridized carbons (Fsp3) is 0.0800. The van der Waals surface area contributed by atoms with E-state index in [1.54, 1.807) is 30.3 Å². The van der Waals surface area contributed by atoms with Gasteiger partial charge in [-0.15, -0.1) is 0 Å². The van der Waals surface area contributed by atoms with Crippen molar-refractivity contribution < 1.29 is 17.9 Å². The van der Waals surface area contributed by atoms with Gasteiger partial charge in [0, 0.05) is 5.56 Å². The number of rotatable bonds is 6. The standard InChI is InChI=1S/C25H21NO4S/c1-30-25(27)18-26(24-14-8-7-13-23(24)20-10-3-2-4-11-20)31(28,29)22-16-15-19-9-5-6-12-21(19)17-22/h2-17H,18H2,1H3. The monoisotopic (exact) mass is 431 g/mol. The summed E-state index contributed by atoms with van der Waals surface area (Å²) in [5.41, 5.74) is 1.96. The number of fused-ring (bicyclic) bond motifs is 1. The number of sulfonamides is 1. The molecular formula is C25H21NO4S. The van der Waals surface area contributed by atoms with E-state index in [0.717, 1.165) is 20.6 Å². The second kappa shape index (κ2) is 8.62. The fourth-order valence-electron chi connectivity index (χ4n) is 3.49. The predicted molar refractivity (Wildman–Crippen MR) is 122 cm³/mol. The van der Waals surface area contributed by atoms with Crippen LogP contribution in [0.25, 0.3) is 21.9 Å². The average Bonchev–Trinajstić information content (AvgIpc) is 2.82. The van der Waals surface area contributed by atoms with Crippen LogP contribution in [0.3, 0.4) is 0 Å². The Kier molecular flexibility index (Phi) is 5.73. The number of anilines is 1. The molecule has 0 atom stereocenters. The molecular weight excluding hydrogens is 410 g/mol. The fourth-order valence-corrected chi connectivity index (χ4v) is 4.95. The molecule has 0 amide bonds. The Balaban J connectivity index is 1.88. The second-order valence-corrected chi connectivity index (χ2v) is 8.84. The number of ether oxygens (including phenoxy) is 1. The molecule has 0 bridgehead atoms. The Hall–Kier alpha value is -3.64. The zero-order valence-electron chi connectivity index (χ0n) is 16.9. The first-order valence-electron chi connectivity index (χ1n) is 9.73. The molecule has 156 valence electrons. The molecule has 5 nitrogen and oxygen atoms in total. The molecule has 0 aromatic heterocycles. The van der Waals surface area contributed by atoms with E-state index in [1.165, 1.54) is 7.11 Å². The molecule has 0 unspecified atom stereocenters. The maximum atomic E-state index is 13.7. The van der Waals surface area contributed by atoms with Crippen LogP contribution in [-0.2, 0) is 19.6 Å². The van der Waals surface area contributed by atoms with Gasteiger partial charge >= 0.3 is 5.97 Å². The summed E-state index contributed by atoms with van der Waals surface area (Å²) in [4.78, 5) is 12.3. The van der Waals surface area contributed by atoms with Gasteiger partial charge in [-0.1, -0.05) is 78.9 Å². The zero-order chi connectivity index (χ0) is 21.8. The van der Waals surface area contributed by atoms with Crippen molar-refractivity contribution in [1.29, 1.82) is 0 Å². The van der Waals surface area contributed by atoms with Crippen molar-refractivity contribution in [2.24, 2.45) is 0 Å². The summed E-state index contributed by atoms with van der Waals surface area (Å²) < 4.78 is 33.4. The van der Waals surface area contributed by atoms with Crippen molar-refractivity contribution in [3.8, 4) is 11.1 Å². The van der Waals surface area contributed by atoms with Crippen LogP contribution in [0.1, 0.15) is 0 Å². The van der Waals surface area contributed by atoms with Crippen LogP contribution >= 0.6 is 0 Å². The minimum atomic E-state index is -4.05. The number of esters is 1. The van der Waals surface area contributed by atoms with Crippen molar-refractivity contribution in [2.45, 2.75) is 4.90 Å². The van der Waals surface area contributed by atoms with Crippen LogP contribution in [-0.4, -0.2) is 28.0 Å². The highest BCUT2D eigenvalue weighted by Crippen LogP contribution is 2.34. The molecule has 4 aromatic carbocycles. The van der Waals surface area contributed by atoms with Crippen molar-refractivity contribution in [1.82, 2.24) is 0 Å². The highest BCUT2D eigenvalue weighted by atomic mass is 32.2. The maximum absolute atomic E-state index is 13.7. The summed E-state index contributed by atoms with van der Waals surface area (Å²) in [7, 11) is -2.81. The van der Waals surface area contributed by atoms with E-state index in [-0.39, 0.29) is 4.90 Å². The van der Waals surface area contributed by atoms with E-state index in [9.17, 15) is 13.2 Å². The van der Waals surface area contributed by atoms with E-state index in [2.05, 4.69) is 0 Å². The molecule has 6 heteroatoms. The predicted octanol–water partition coefficient (Wildman–Crippen LogP) is 4.88. The van der Waals surface area contributed by atoms with E-state index in [1.807, 2.05) is 66.7 Å². The van der Waals surface area contributed by atoms with Gasteiger partial charge in [0.25, 0.3) is 10.0 Å². The van der Waals surface area contributed by atoms with Crippen molar-refractivity contribution in [3.05, 3.63) is 97.1 Å². The van der Waals surface area contributed by atoms with Gasteiger partial charge in [0.2, 0.25) is 0 Å². The summed E-state index contributed by atoms with van der Waals surface area (Å²) >= 11 is 0. The third-order valence-electron chi connectivity index (χ3n) is 5.07. The van der Waals surface area contributed by atoms with Gasteiger partial charge < -0.3 is 4.74 Å². The summed E-state index contributed by atoms with van der Waals surface area (Å²) in [6, 6.07) is 29.1. The van der Waals surface area contributed by atoms with Crippen LogP contribution in [0.15, 0.2) is 102 Å². The Morgan fingerprint density at radius 3 is 2.19 bits per heavy atom. The van der Waals surface area contributed by atoms with E-state index in [0.29, 0.717) is 11.3 Å². The minimum absolute atomic E-state index is 0.109. The number of nitrogens with zero attached hydrogens (tertiary/aromatic N) is 1. The first kappa shape index (κ1) is 20.6. The van der Waals surface area contributed by atoms with Crippen LogP contribution in [0.2, 0.25) is 0 Å². The molecule has 0 saturated carbocycles. The third kappa shape index (κ3) is 4.15. The lowest BCUT2D eigenvalue weighted by Crippen LogP contribution is -2.36. The molecule has 0 radical (unpaired) electrons. The first-order chi connectivity index (χ1) is 15.0. The average molecular weight is 432 g/mol. The van der Waals surface area contributed by atoms with E-state index < -0.39 is 22.5 Å². The lowest BCUT2D eigenvalue weighted by atomic mass is 10.0. The van der Waals surface area contributed by atoms with Gasteiger partial charge in [-0.3, -0.25) is 9.10 Å². The molecule has 0 heterocycles. The molecule has 0 aliphatic carbocycles. The summed E-state index contributed by atoms with van der Waals surface area (Å²) in [6.45, 7) is -0.435. The normalized spacial score (nSPS) is 11.3. The quantitative estimate of drug-likeness (QED) is 0.409. The Labute approximate surface area is 181 Å².